The van der Waals surface area contributed by atoms with Crippen molar-refractivity contribution in [3.8, 4) is 28.7 Å². The first-order valence-electron chi connectivity index (χ1n) is 14.3. The van der Waals surface area contributed by atoms with Crippen LogP contribution in [0.15, 0.2) is 54.9 Å². The number of amides is 1. The number of carbonyl (C=O) groups is 1. The van der Waals surface area contributed by atoms with Crippen molar-refractivity contribution in [3.63, 3.8) is 0 Å². The average Bonchev–Trinajstić information content (AvgIpc) is 3.42. The second-order valence-corrected chi connectivity index (χ2v) is 10.8. The van der Waals surface area contributed by atoms with Crippen molar-refractivity contribution in [1.82, 2.24) is 29.5 Å². The Bertz CT molecular complexity index is 1560. The zero-order valence-corrected chi connectivity index (χ0v) is 24.0. The second-order valence-electron chi connectivity index (χ2n) is 10.8. The summed E-state index contributed by atoms with van der Waals surface area (Å²) in [5.74, 6) is 1.66. The summed E-state index contributed by atoms with van der Waals surface area (Å²) in [6.45, 7) is 6.15. The van der Waals surface area contributed by atoms with Crippen molar-refractivity contribution < 1.29 is 14.3 Å². The van der Waals surface area contributed by atoms with Gasteiger partial charge in [-0.15, -0.1) is 5.10 Å². The van der Waals surface area contributed by atoms with Crippen molar-refractivity contribution in [1.29, 1.82) is 0 Å². The van der Waals surface area contributed by atoms with Gasteiger partial charge in [0.05, 0.1) is 19.4 Å². The lowest BCUT2D eigenvalue weighted by Crippen LogP contribution is -2.44. The number of anilines is 2. The van der Waals surface area contributed by atoms with E-state index in [4.69, 9.17) is 20.2 Å². The molecule has 0 unspecified atom stereocenters. The number of piperazine rings is 1. The van der Waals surface area contributed by atoms with Crippen LogP contribution in [-0.2, 0) is 12.8 Å². The largest absolute Gasteiger partial charge is 0.497 e. The number of nitrogen functional groups attached to an aromatic ring is 1. The van der Waals surface area contributed by atoms with E-state index in [-0.39, 0.29) is 17.3 Å². The summed E-state index contributed by atoms with van der Waals surface area (Å²) in [5.41, 5.74) is 11.2. The molecule has 6 rings (SSSR count). The Balaban J connectivity index is 1.07. The first-order chi connectivity index (χ1) is 20.5. The number of aromatic nitrogens is 4. The monoisotopic (exact) mass is 568 g/mol. The number of hydrogen-bond donors (Lipinski definition) is 2. The standard InChI is InChI=1S/C31H36N8O3/c1-37-13-15-38(16-14-37)12-3-17-42-24-8-6-23(7-9-24)34-30(40)27-20-39(36-29(27)32)31-33-19-22-5-4-21-18-25(41-2)10-11-26(21)28(22)35-31/h6-11,18-20H,3-5,12-17H2,1-2H3,(H2,32,36)(H,34,40). The maximum absolute atomic E-state index is 13.1. The zero-order valence-electron chi connectivity index (χ0n) is 24.0. The number of carbonyl (C=O) groups excluding carboxylic acids is 1. The summed E-state index contributed by atoms with van der Waals surface area (Å²) in [5, 5.41) is 7.22. The molecule has 2 aromatic carbocycles. The predicted octanol–water partition coefficient (Wildman–Crippen LogP) is 3.29. The minimum atomic E-state index is -0.366. The number of rotatable bonds is 9. The highest BCUT2D eigenvalue weighted by Crippen LogP contribution is 2.34. The quantitative estimate of drug-likeness (QED) is 0.293. The van der Waals surface area contributed by atoms with Gasteiger partial charge in [-0.05, 0) is 79.9 Å². The third-order valence-corrected chi connectivity index (χ3v) is 7.87. The van der Waals surface area contributed by atoms with Crippen LogP contribution in [0.5, 0.6) is 11.5 Å². The molecule has 3 heterocycles. The maximum atomic E-state index is 13.1. The summed E-state index contributed by atoms with van der Waals surface area (Å²) < 4.78 is 12.7. The normalized spacial score (nSPS) is 15.1. The highest BCUT2D eigenvalue weighted by atomic mass is 16.5. The second kappa shape index (κ2) is 12.2. The summed E-state index contributed by atoms with van der Waals surface area (Å²) >= 11 is 0. The van der Waals surface area contributed by atoms with Crippen LogP contribution < -0.4 is 20.5 Å². The first kappa shape index (κ1) is 27.7. The van der Waals surface area contributed by atoms with Crippen LogP contribution in [0.2, 0.25) is 0 Å². The van der Waals surface area contributed by atoms with Crippen molar-refractivity contribution in [2.75, 3.05) is 64.5 Å². The van der Waals surface area contributed by atoms with Crippen LogP contribution in [0.3, 0.4) is 0 Å². The lowest BCUT2D eigenvalue weighted by molar-refractivity contribution is 0.102. The van der Waals surface area contributed by atoms with Crippen LogP contribution in [0.25, 0.3) is 17.2 Å². The van der Waals surface area contributed by atoms with Crippen molar-refractivity contribution in [2.45, 2.75) is 19.3 Å². The van der Waals surface area contributed by atoms with Crippen molar-refractivity contribution in [3.05, 3.63) is 71.5 Å². The molecule has 0 radical (unpaired) electrons. The van der Waals surface area contributed by atoms with E-state index in [2.05, 4.69) is 32.2 Å². The molecule has 1 amide bonds. The van der Waals surface area contributed by atoms with Gasteiger partial charge in [0.15, 0.2) is 5.82 Å². The summed E-state index contributed by atoms with van der Waals surface area (Å²) in [6.07, 6.45) is 6.08. The average molecular weight is 569 g/mol. The smallest absolute Gasteiger partial charge is 0.261 e. The lowest BCUT2D eigenvalue weighted by Gasteiger charge is -2.32. The van der Waals surface area contributed by atoms with Crippen LogP contribution in [0, 0.1) is 0 Å². The molecule has 218 valence electrons. The van der Waals surface area contributed by atoms with Crippen molar-refractivity contribution in [2.24, 2.45) is 0 Å². The fraction of sp³-hybridized carbons (Fsp3) is 0.355. The van der Waals surface area contributed by atoms with Crippen molar-refractivity contribution >= 4 is 17.4 Å². The Morgan fingerprint density at radius 1 is 1.02 bits per heavy atom. The van der Waals surface area contributed by atoms with E-state index in [9.17, 15) is 4.79 Å². The molecule has 0 spiro atoms. The summed E-state index contributed by atoms with van der Waals surface area (Å²) in [4.78, 5) is 27.2. The van der Waals surface area contributed by atoms with Gasteiger partial charge in [-0.2, -0.15) is 0 Å². The van der Waals surface area contributed by atoms with E-state index in [0.29, 0.717) is 18.2 Å². The van der Waals surface area contributed by atoms with Gasteiger partial charge >= 0.3 is 0 Å². The van der Waals surface area contributed by atoms with Gasteiger partial charge in [-0.1, -0.05) is 0 Å². The van der Waals surface area contributed by atoms with E-state index in [1.165, 1.54) is 10.2 Å². The third-order valence-electron chi connectivity index (χ3n) is 7.87. The molecule has 4 aromatic rings. The fourth-order valence-corrected chi connectivity index (χ4v) is 5.38. The zero-order chi connectivity index (χ0) is 29.1. The molecule has 11 heteroatoms. The number of benzene rings is 2. The topological polar surface area (TPSA) is 124 Å². The predicted molar refractivity (Wildman–Crippen MR) is 161 cm³/mol. The molecular weight excluding hydrogens is 532 g/mol. The van der Waals surface area contributed by atoms with E-state index < -0.39 is 0 Å². The SMILES string of the molecule is COc1ccc2c(c1)CCc1cnc(-n3cc(C(=O)Nc4ccc(OCCCN5CCN(C)CC5)cc4)c(N)n3)nc1-2. The van der Waals surface area contributed by atoms with E-state index >= 15 is 0 Å². The molecule has 2 aromatic heterocycles. The number of aryl methyl sites for hydroxylation is 2. The molecule has 42 heavy (non-hydrogen) atoms. The lowest BCUT2D eigenvalue weighted by atomic mass is 9.90. The van der Waals surface area contributed by atoms with Gasteiger partial charge in [0.2, 0.25) is 0 Å². The Labute approximate surface area is 245 Å². The number of fused-ring (bicyclic) bond motifs is 3. The Morgan fingerprint density at radius 3 is 2.57 bits per heavy atom. The number of nitrogens with zero attached hydrogens (tertiary/aromatic N) is 6. The van der Waals surface area contributed by atoms with Gasteiger partial charge in [0.25, 0.3) is 11.9 Å². The number of ether oxygens (including phenoxy) is 2. The highest BCUT2D eigenvalue weighted by Gasteiger charge is 2.22. The van der Waals surface area contributed by atoms with Gasteiger partial charge in [0.1, 0.15) is 17.1 Å². The number of hydrogen-bond acceptors (Lipinski definition) is 9. The number of nitrogens with two attached hydrogens (primary N) is 1. The molecule has 0 bridgehead atoms. The van der Waals surface area contributed by atoms with Crippen LogP contribution in [-0.4, -0.2) is 88.9 Å². The molecule has 1 saturated heterocycles. The maximum Gasteiger partial charge on any atom is 0.261 e. The molecule has 0 atom stereocenters. The first-order valence-corrected chi connectivity index (χ1v) is 14.3. The highest BCUT2D eigenvalue weighted by molar-refractivity contribution is 6.07. The molecule has 1 fully saturated rings. The fourth-order valence-electron chi connectivity index (χ4n) is 5.38. The minimum Gasteiger partial charge on any atom is -0.497 e. The van der Waals surface area contributed by atoms with E-state index in [1.807, 2.05) is 48.7 Å². The minimum absolute atomic E-state index is 0.0965. The Hall–Kier alpha value is -4.48. The van der Waals surface area contributed by atoms with Gasteiger partial charge in [-0.3, -0.25) is 4.79 Å². The molecular formula is C31H36N8O3. The Kier molecular flexibility index (Phi) is 8.02. The summed E-state index contributed by atoms with van der Waals surface area (Å²) in [7, 11) is 3.83. The van der Waals surface area contributed by atoms with Crippen LogP contribution >= 0.6 is 0 Å². The molecule has 0 saturated carbocycles. The van der Waals surface area contributed by atoms with Gasteiger partial charge in [-0.25, -0.2) is 14.6 Å². The van der Waals surface area contributed by atoms with Gasteiger partial charge in [0, 0.05) is 56.4 Å². The molecule has 3 N–H and O–H groups in total. The Morgan fingerprint density at radius 2 is 1.79 bits per heavy atom. The molecule has 11 nitrogen and oxygen atoms in total. The summed E-state index contributed by atoms with van der Waals surface area (Å²) in [6, 6.07) is 13.3. The number of methoxy groups -OCH3 is 1. The molecule has 1 aliphatic carbocycles. The third kappa shape index (κ3) is 6.07. The van der Waals surface area contributed by atoms with Crippen LogP contribution in [0.1, 0.15) is 27.9 Å². The van der Waals surface area contributed by atoms with E-state index in [1.54, 1.807) is 13.3 Å². The molecule has 2 aliphatic rings. The number of nitrogens with one attached hydrogen (secondary N) is 1. The van der Waals surface area contributed by atoms with E-state index in [0.717, 1.165) is 80.3 Å². The number of likely N-dealkylation sites (N-methyl/N-ethyl adjacent to an activating group) is 1. The van der Waals surface area contributed by atoms with Gasteiger partial charge < -0.3 is 30.3 Å². The molecule has 1 aliphatic heterocycles. The van der Waals surface area contributed by atoms with Crippen LogP contribution in [0.4, 0.5) is 11.5 Å².